The summed E-state index contributed by atoms with van der Waals surface area (Å²) in [6.07, 6.45) is -1.65. The number of hydrogen-bond acceptors (Lipinski definition) is 4. The molecule has 0 aromatic carbocycles. The van der Waals surface area contributed by atoms with Crippen LogP contribution >= 0.6 is 0 Å². The van der Waals surface area contributed by atoms with Gasteiger partial charge in [0.2, 0.25) is 0 Å². The maximum Gasteiger partial charge on any atom is 0.505 e. The molecule has 0 aliphatic heterocycles. The fraction of sp³-hybridized carbons (Fsp3) is 0.750. The van der Waals surface area contributed by atoms with Crippen molar-refractivity contribution in [1.29, 1.82) is 0 Å². The minimum absolute atomic E-state index is 0.0315. The molecule has 2 atom stereocenters. The van der Waals surface area contributed by atoms with Crippen molar-refractivity contribution in [3.63, 3.8) is 0 Å². The molecule has 0 aromatic heterocycles. The van der Waals surface area contributed by atoms with Crippen LogP contribution in [-0.4, -0.2) is 29.9 Å². The molecular weight excluding hydrogens is 176 g/mol. The summed E-state index contributed by atoms with van der Waals surface area (Å²) in [6.45, 7) is 4.78. The first-order chi connectivity index (χ1) is 5.93. The zero-order chi connectivity index (χ0) is 10.4. The summed E-state index contributed by atoms with van der Waals surface area (Å²) in [5.74, 6) is -0.519. The predicted octanol–water partition coefficient (Wildman–Crippen LogP) is 1.27. The summed E-state index contributed by atoms with van der Waals surface area (Å²) < 4.78 is 9.16. The van der Waals surface area contributed by atoms with Gasteiger partial charge in [-0.2, -0.15) is 0 Å². The molecule has 0 heterocycles. The molecule has 0 aliphatic carbocycles. The molecule has 0 aromatic rings. The second kappa shape index (κ2) is 5.40. The minimum Gasteiger partial charge on any atom is -0.462 e. The molecule has 0 aliphatic rings. The Morgan fingerprint density at radius 2 is 1.92 bits per heavy atom. The fourth-order valence-electron chi connectivity index (χ4n) is 0.716. The Kier molecular flexibility index (Phi) is 4.87. The number of hydrogen-bond donors (Lipinski definition) is 1. The zero-order valence-corrected chi connectivity index (χ0v) is 7.94. The van der Waals surface area contributed by atoms with Gasteiger partial charge in [0.1, 0.15) is 12.7 Å². The Morgan fingerprint density at radius 1 is 1.38 bits per heavy atom. The van der Waals surface area contributed by atoms with E-state index in [-0.39, 0.29) is 24.6 Å². The number of esters is 1. The summed E-state index contributed by atoms with van der Waals surface area (Å²) in [5.41, 5.74) is 0. The molecule has 13 heavy (non-hydrogen) atoms. The normalized spacial score (nSPS) is 14.4. The predicted molar refractivity (Wildman–Crippen MR) is 44.4 cm³/mol. The van der Waals surface area contributed by atoms with E-state index in [1.54, 1.807) is 13.8 Å². The van der Waals surface area contributed by atoms with E-state index in [4.69, 9.17) is 9.84 Å². The Labute approximate surface area is 76.6 Å². The van der Waals surface area contributed by atoms with Crippen molar-refractivity contribution in [3.8, 4) is 0 Å². The monoisotopic (exact) mass is 190 g/mol. The minimum atomic E-state index is -1.32. The largest absolute Gasteiger partial charge is 0.505 e. The van der Waals surface area contributed by atoms with Crippen LogP contribution in [0.5, 0.6) is 0 Å². The first kappa shape index (κ1) is 11.7. The lowest BCUT2D eigenvalue weighted by Crippen LogP contribution is -2.25. The molecule has 0 radical (unpaired) electrons. The van der Waals surface area contributed by atoms with E-state index >= 15 is 0 Å². The summed E-state index contributed by atoms with van der Waals surface area (Å²) in [7, 11) is 0. The van der Waals surface area contributed by atoms with Gasteiger partial charge < -0.3 is 14.6 Å². The summed E-state index contributed by atoms with van der Waals surface area (Å²) >= 11 is 0. The number of ether oxygens (including phenoxy) is 2. The van der Waals surface area contributed by atoms with Gasteiger partial charge in [0, 0.05) is 12.8 Å². The lowest BCUT2D eigenvalue weighted by Gasteiger charge is -2.18. The molecule has 0 fully saturated rings. The molecule has 2 unspecified atom stereocenters. The quantitative estimate of drug-likeness (QED) is 0.676. The molecular formula is C8H14O5. The van der Waals surface area contributed by atoms with E-state index < -0.39 is 6.16 Å². The van der Waals surface area contributed by atoms with Crippen molar-refractivity contribution in [2.75, 3.05) is 6.61 Å². The van der Waals surface area contributed by atoms with Gasteiger partial charge in [0.05, 0.1) is 0 Å². The van der Waals surface area contributed by atoms with Crippen molar-refractivity contribution in [3.05, 3.63) is 0 Å². The molecule has 0 spiro atoms. The number of rotatable bonds is 4. The number of carboxylic acid groups (broad SMARTS) is 1. The Morgan fingerprint density at radius 3 is 2.31 bits per heavy atom. The Bertz CT molecular complexity index is 189. The number of carbonyl (C=O) groups excluding carboxylic acids is 1. The highest BCUT2D eigenvalue weighted by Crippen LogP contribution is 2.07. The maximum absolute atomic E-state index is 10.5. The van der Waals surface area contributed by atoms with Crippen LogP contribution in [0.3, 0.4) is 0 Å². The first-order valence-corrected chi connectivity index (χ1v) is 3.96. The van der Waals surface area contributed by atoms with Crippen LogP contribution in [0.25, 0.3) is 0 Å². The SMILES string of the molecule is CC(=O)OC(C)C(C)COC(=O)O. The Balaban J connectivity index is 3.75. The average Bonchev–Trinajstić information content (AvgIpc) is 1.98. The number of carbonyl (C=O) groups is 2. The maximum atomic E-state index is 10.5. The smallest absolute Gasteiger partial charge is 0.462 e. The zero-order valence-electron chi connectivity index (χ0n) is 7.94. The third-order valence-electron chi connectivity index (χ3n) is 1.62. The highest BCUT2D eigenvalue weighted by molar-refractivity contribution is 5.66. The second-order valence-corrected chi connectivity index (χ2v) is 2.87. The van der Waals surface area contributed by atoms with E-state index in [9.17, 15) is 9.59 Å². The van der Waals surface area contributed by atoms with Crippen LogP contribution in [0.15, 0.2) is 0 Å². The highest BCUT2D eigenvalue weighted by atomic mass is 16.7. The fourth-order valence-corrected chi connectivity index (χ4v) is 0.716. The van der Waals surface area contributed by atoms with Crippen molar-refractivity contribution in [1.82, 2.24) is 0 Å². The molecule has 5 nitrogen and oxygen atoms in total. The van der Waals surface area contributed by atoms with Crippen LogP contribution in [0.1, 0.15) is 20.8 Å². The van der Waals surface area contributed by atoms with Gasteiger partial charge in [0.15, 0.2) is 0 Å². The molecule has 76 valence electrons. The summed E-state index contributed by atoms with van der Waals surface area (Å²) in [6, 6.07) is 0. The van der Waals surface area contributed by atoms with Crippen LogP contribution in [0, 0.1) is 5.92 Å². The molecule has 0 amide bonds. The van der Waals surface area contributed by atoms with Crippen LogP contribution in [0.4, 0.5) is 4.79 Å². The van der Waals surface area contributed by atoms with Crippen LogP contribution in [0.2, 0.25) is 0 Å². The van der Waals surface area contributed by atoms with Gasteiger partial charge in [-0.15, -0.1) is 0 Å². The van der Waals surface area contributed by atoms with Gasteiger partial charge in [0.25, 0.3) is 0 Å². The lowest BCUT2D eigenvalue weighted by atomic mass is 10.1. The Hall–Kier alpha value is -1.26. The molecule has 1 N–H and O–H groups in total. The molecule has 0 saturated heterocycles. The van der Waals surface area contributed by atoms with Gasteiger partial charge in [-0.25, -0.2) is 4.79 Å². The lowest BCUT2D eigenvalue weighted by molar-refractivity contribution is -0.148. The van der Waals surface area contributed by atoms with E-state index in [1.807, 2.05) is 0 Å². The van der Waals surface area contributed by atoms with Crippen molar-refractivity contribution >= 4 is 12.1 Å². The van der Waals surface area contributed by atoms with Gasteiger partial charge in [-0.3, -0.25) is 4.79 Å². The average molecular weight is 190 g/mol. The topological polar surface area (TPSA) is 72.8 Å². The van der Waals surface area contributed by atoms with E-state index in [2.05, 4.69) is 4.74 Å². The molecule has 5 heteroatoms. The van der Waals surface area contributed by atoms with Crippen molar-refractivity contribution in [2.24, 2.45) is 5.92 Å². The van der Waals surface area contributed by atoms with Gasteiger partial charge >= 0.3 is 12.1 Å². The molecule has 0 bridgehead atoms. The third-order valence-corrected chi connectivity index (χ3v) is 1.62. The van der Waals surface area contributed by atoms with Crippen LogP contribution in [-0.2, 0) is 14.3 Å². The third kappa shape index (κ3) is 5.95. The highest BCUT2D eigenvalue weighted by Gasteiger charge is 2.16. The van der Waals surface area contributed by atoms with E-state index in [0.717, 1.165) is 0 Å². The first-order valence-electron chi connectivity index (χ1n) is 3.96. The second-order valence-electron chi connectivity index (χ2n) is 2.87. The van der Waals surface area contributed by atoms with Crippen LogP contribution < -0.4 is 0 Å². The van der Waals surface area contributed by atoms with Gasteiger partial charge in [-0.1, -0.05) is 6.92 Å². The molecule has 0 rings (SSSR count). The summed E-state index contributed by atoms with van der Waals surface area (Å²) in [5, 5.41) is 8.20. The van der Waals surface area contributed by atoms with E-state index in [1.165, 1.54) is 6.92 Å². The molecule has 0 saturated carbocycles. The van der Waals surface area contributed by atoms with Crippen molar-refractivity contribution < 1.29 is 24.2 Å². The standard InChI is InChI=1S/C8H14O5/c1-5(4-12-8(10)11)6(2)13-7(3)9/h5-6H,4H2,1-3H3,(H,10,11). The van der Waals surface area contributed by atoms with E-state index in [0.29, 0.717) is 0 Å². The van der Waals surface area contributed by atoms with Crippen molar-refractivity contribution in [2.45, 2.75) is 26.9 Å². The van der Waals surface area contributed by atoms with Gasteiger partial charge in [-0.05, 0) is 6.92 Å². The summed E-state index contributed by atoms with van der Waals surface area (Å²) in [4.78, 5) is 20.5.